The Kier molecular flexibility index (Phi) is 3.80. The second-order valence-electron chi connectivity index (χ2n) is 4.33. The van der Waals surface area contributed by atoms with Gasteiger partial charge in [-0.2, -0.15) is 5.10 Å². The lowest BCUT2D eigenvalue weighted by atomic mass is 10.1. The van der Waals surface area contributed by atoms with Crippen LogP contribution in [-0.4, -0.2) is 20.7 Å². The Morgan fingerprint density at radius 3 is 2.75 bits per heavy atom. The normalized spacial score (nSPS) is 10.3. The summed E-state index contributed by atoms with van der Waals surface area (Å²) < 4.78 is 15.2. The number of nitrogens with zero attached hydrogens (tertiary/aromatic N) is 2. The molecule has 0 fully saturated rings. The third-order valence-corrected chi connectivity index (χ3v) is 3.03. The van der Waals surface area contributed by atoms with Crippen LogP contribution >= 0.6 is 12.2 Å². The average Bonchev–Trinajstić information content (AvgIpc) is 2.71. The van der Waals surface area contributed by atoms with Crippen molar-refractivity contribution in [3.8, 4) is 0 Å². The van der Waals surface area contributed by atoms with Gasteiger partial charge in [-0.1, -0.05) is 18.3 Å². The highest BCUT2D eigenvalue weighted by molar-refractivity contribution is 7.80. The standard InChI is InChI=1S/C13H13FN4OS/c1-7-3-4-8(10(14)5-7)13(19)17-12-9(11(15)20)6-16-18(12)2/h3-6H,1-2H3,(H2,15,20)(H,17,19). The first-order chi connectivity index (χ1) is 9.40. The minimum atomic E-state index is -0.582. The summed E-state index contributed by atoms with van der Waals surface area (Å²) in [6.07, 6.45) is 1.45. The summed E-state index contributed by atoms with van der Waals surface area (Å²) in [7, 11) is 1.63. The van der Waals surface area contributed by atoms with E-state index >= 15 is 0 Å². The summed E-state index contributed by atoms with van der Waals surface area (Å²) in [5.41, 5.74) is 6.67. The number of hydrogen-bond acceptors (Lipinski definition) is 3. The van der Waals surface area contributed by atoms with E-state index in [0.29, 0.717) is 11.4 Å². The first-order valence-electron chi connectivity index (χ1n) is 5.79. The van der Waals surface area contributed by atoms with Crippen molar-refractivity contribution in [1.29, 1.82) is 0 Å². The molecular weight excluding hydrogens is 279 g/mol. The van der Waals surface area contributed by atoms with E-state index < -0.39 is 11.7 Å². The monoisotopic (exact) mass is 292 g/mol. The quantitative estimate of drug-likeness (QED) is 0.845. The minimum absolute atomic E-state index is 0.0503. The number of halogens is 1. The number of nitrogens with two attached hydrogens (primary N) is 1. The van der Waals surface area contributed by atoms with Gasteiger partial charge in [0.1, 0.15) is 16.6 Å². The molecule has 0 atom stereocenters. The molecule has 3 N–H and O–H groups in total. The first-order valence-corrected chi connectivity index (χ1v) is 6.20. The van der Waals surface area contributed by atoms with Gasteiger partial charge in [-0.25, -0.2) is 4.39 Å². The molecule has 0 bridgehead atoms. The van der Waals surface area contributed by atoms with Crippen LogP contribution in [0.25, 0.3) is 0 Å². The van der Waals surface area contributed by atoms with Crippen molar-refractivity contribution in [3.63, 3.8) is 0 Å². The Labute approximate surface area is 120 Å². The molecule has 0 spiro atoms. The van der Waals surface area contributed by atoms with Crippen LogP contribution in [-0.2, 0) is 7.05 Å². The van der Waals surface area contributed by atoms with E-state index in [-0.39, 0.29) is 10.6 Å². The molecule has 2 rings (SSSR count). The van der Waals surface area contributed by atoms with E-state index in [0.717, 1.165) is 5.56 Å². The molecule has 0 unspecified atom stereocenters. The van der Waals surface area contributed by atoms with E-state index in [1.54, 1.807) is 20.0 Å². The number of rotatable bonds is 3. The SMILES string of the molecule is Cc1ccc(C(=O)Nc2c(C(N)=S)cnn2C)c(F)c1. The molecular formula is C13H13FN4OS. The molecule has 0 radical (unpaired) electrons. The van der Waals surface area contributed by atoms with Gasteiger partial charge in [0.15, 0.2) is 0 Å². The Bertz CT molecular complexity index is 696. The first kappa shape index (κ1) is 14.1. The molecule has 104 valence electrons. The predicted octanol–water partition coefficient (Wildman–Crippen LogP) is 1.75. The molecule has 2 aromatic rings. The molecule has 5 nitrogen and oxygen atoms in total. The molecule has 0 saturated heterocycles. The lowest BCUT2D eigenvalue weighted by Crippen LogP contribution is -2.19. The fourth-order valence-corrected chi connectivity index (χ4v) is 1.89. The maximum atomic E-state index is 13.8. The van der Waals surface area contributed by atoms with E-state index in [1.165, 1.54) is 23.0 Å². The van der Waals surface area contributed by atoms with Crippen molar-refractivity contribution in [3.05, 3.63) is 46.9 Å². The molecule has 1 amide bonds. The fourth-order valence-electron chi connectivity index (χ4n) is 1.75. The molecule has 0 aliphatic carbocycles. The maximum absolute atomic E-state index is 13.8. The third kappa shape index (κ3) is 2.67. The highest BCUT2D eigenvalue weighted by Gasteiger charge is 2.17. The van der Waals surface area contributed by atoms with Crippen LogP contribution in [0.1, 0.15) is 21.5 Å². The molecule has 0 saturated carbocycles. The number of carbonyl (C=O) groups is 1. The number of amides is 1. The number of aromatic nitrogens is 2. The van der Waals surface area contributed by atoms with E-state index in [2.05, 4.69) is 10.4 Å². The Hall–Kier alpha value is -2.28. The minimum Gasteiger partial charge on any atom is -0.389 e. The largest absolute Gasteiger partial charge is 0.389 e. The highest BCUT2D eigenvalue weighted by atomic mass is 32.1. The Morgan fingerprint density at radius 1 is 1.45 bits per heavy atom. The van der Waals surface area contributed by atoms with Crippen LogP contribution in [0.2, 0.25) is 0 Å². The summed E-state index contributed by atoms with van der Waals surface area (Å²) in [6, 6.07) is 4.39. The van der Waals surface area contributed by atoms with Crippen molar-refractivity contribution in [2.24, 2.45) is 12.8 Å². The van der Waals surface area contributed by atoms with Gasteiger partial charge in [0.25, 0.3) is 5.91 Å². The Balaban J connectivity index is 2.33. The van der Waals surface area contributed by atoms with Gasteiger partial charge in [0.05, 0.1) is 17.3 Å². The summed E-state index contributed by atoms with van der Waals surface area (Å²) in [5, 5.41) is 6.53. The molecule has 1 aromatic carbocycles. The molecule has 1 aromatic heterocycles. The zero-order valence-electron chi connectivity index (χ0n) is 11.0. The van der Waals surface area contributed by atoms with E-state index in [1.807, 2.05) is 0 Å². The van der Waals surface area contributed by atoms with Crippen molar-refractivity contribution in [1.82, 2.24) is 9.78 Å². The highest BCUT2D eigenvalue weighted by Crippen LogP contribution is 2.17. The lowest BCUT2D eigenvalue weighted by Gasteiger charge is -2.09. The van der Waals surface area contributed by atoms with Crippen molar-refractivity contribution in [2.75, 3.05) is 5.32 Å². The number of nitrogens with one attached hydrogen (secondary N) is 1. The summed E-state index contributed by atoms with van der Waals surface area (Å²) >= 11 is 4.87. The van der Waals surface area contributed by atoms with Crippen LogP contribution in [0.4, 0.5) is 10.2 Å². The number of thiocarbonyl (C=S) groups is 1. The smallest absolute Gasteiger partial charge is 0.259 e. The predicted molar refractivity (Wildman–Crippen MR) is 78.2 cm³/mol. The van der Waals surface area contributed by atoms with Gasteiger partial charge in [0, 0.05) is 7.05 Å². The van der Waals surface area contributed by atoms with Crippen LogP contribution in [0, 0.1) is 12.7 Å². The van der Waals surface area contributed by atoms with E-state index in [4.69, 9.17) is 18.0 Å². The van der Waals surface area contributed by atoms with E-state index in [9.17, 15) is 9.18 Å². The summed E-state index contributed by atoms with van der Waals surface area (Å²) in [5.74, 6) is -0.826. The number of anilines is 1. The van der Waals surface area contributed by atoms with Gasteiger partial charge in [-0.3, -0.25) is 9.48 Å². The maximum Gasteiger partial charge on any atom is 0.259 e. The van der Waals surface area contributed by atoms with Crippen LogP contribution < -0.4 is 11.1 Å². The number of aryl methyl sites for hydroxylation is 2. The zero-order chi connectivity index (χ0) is 14.9. The molecule has 0 aliphatic rings. The van der Waals surface area contributed by atoms with Crippen LogP contribution in [0.15, 0.2) is 24.4 Å². The van der Waals surface area contributed by atoms with Gasteiger partial charge >= 0.3 is 0 Å². The average molecular weight is 292 g/mol. The summed E-state index contributed by atoms with van der Waals surface area (Å²) in [6.45, 7) is 1.75. The lowest BCUT2D eigenvalue weighted by molar-refractivity contribution is 0.102. The van der Waals surface area contributed by atoms with Gasteiger partial charge in [-0.05, 0) is 24.6 Å². The Morgan fingerprint density at radius 2 is 2.15 bits per heavy atom. The van der Waals surface area contributed by atoms with Crippen molar-refractivity contribution < 1.29 is 9.18 Å². The van der Waals surface area contributed by atoms with Gasteiger partial charge in [-0.15, -0.1) is 0 Å². The second kappa shape index (κ2) is 5.38. The number of benzene rings is 1. The van der Waals surface area contributed by atoms with Crippen LogP contribution in [0.5, 0.6) is 0 Å². The molecule has 7 heteroatoms. The molecule has 1 heterocycles. The topological polar surface area (TPSA) is 72.9 Å². The molecule has 0 aliphatic heterocycles. The van der Waals surface area contributed by atoms with Crippen LogP contribution in [0.3, 0.4) is 0 Å². The van der Waals surface area contributed by atoms with Gasteiger partial charge < -0.3 is 11.1 Å². The fraction of sp³-hybridized carbons (Fsp3) is 0.154. The summed E-state index contributed by atoms with van der Waals surface area (Å²) in [4.78, 5) is 12.2. The van der Waals surface area contributed by atoms with Crippen molar-refractivity contribution in [2.45, 2.75) is 6.92 Å². The second-order valence-corrected chi connectivity index (χ2v) is 4.77. The zero-order valence-corrected chi connectivity index (χ0v) is 11.8. The number of hydrogen-bond donors (Lipinski definition) is 2. The van der Waals surface area contributed by atoms with Gasteiger partial charge in [0.2, 0.25) is 0 Å². The number of carbonyl (C=O) groups excluding carboxylic acids is 1. The molecule has 20 heavy (non-hydrogen) atoms. The van der Waals surface area contributed by atoms with Crippen molar-refractivity contribution >= 4 is 28.9 Å². The third-order valence-electron chi connectivity index (χ3n) is 2.81.